The van der Waals surface area contributed by atoms with Gasteiger partial charge in [0.1, 0.15) is 18.4 Å². The maximum Gasteiger partial charge on any atom is 0.405 e. The molecule has 0 aliphatic heterocycles. The lowest BCUT2D eigenvalue weighted by atomic mass is 10.4. The predicted octanol–water partition coefficient (Wildman–Crippen LogP) is 1.25. The second-order valence-electron chi connectivity index (χ2n) is 1.12. The molecule has 0 atom stereocenters. The molecule has 0 spiro atoms. The minimum absolute atomic E-state index is 0.293. The second kappa shape index (κ2) is 4.30. The number of rotatable bonds is 1. The van der Waals surface area contributed by atoms with Crippen molar-refractivity contribution < 1.29 is 9.53 Å². The van der Waals surface area contributed by atoms with Crippen LogP contribution in [0.2, 0.25) is 0 Å². The molecule has 5 heteroatoms. The lowest BCUT2D eigenvalue weighted by Crippen LogP contribution is -1.84. The van der Waals surface area contributed by atoms with Crippen molar-refractivity contribution in [1.82, 2.24) is 0 Å². The quantitative estimate of drug-likeness (QED) is 0.323. The van der Waals surface area contributed by atoms with Crippen molar-refractivity contribution in [2.45, 2.75) is 0 Å². The van der Waals surface area contributed by atoms with Gasteiger partial charge >= 0.3 is 5.30 Å². The fourth-order valence-electron chi connectivity index (χ4n) is 0.185. The molecule has 1 radical (unpaired) electrons. The van der Waals surface area contributed by atoms with Crippen LogP contribution in [-0.4, -0.2) is 5.30 Å². The highest BCUT2D eigenvalue weighted by Crippen LogP contribution is 1.92. The lowest BCUT2D eigenvalue weighted by Gasteiger charge is -1.85. The minimum Gasteiger partial charge on any atom is -0.421 e. The first kappa shape index (κ1) is 8.41. The Morgan fingerprint density at radius 1 is 1.50 bits per heavy atom. The predicted molar refractivity (Wildman–Crippen MR) is 33.4 cm³/mol. The van der Waals surface area contributed by atoms with Crippen LogP contribution in [0.4, 0.5) is 4.79 Å². The zero-order chi connectivity index (χ0) is 7.98. The maximum atomic E-state index is 9.91. The molecule has 0 unspecified atom stereocenters. The summed E-state index contributed by atoms with van der Waals surface area (Å²) in [5.74, 6) is 0. The highest BCUT2D eigenvalue weighted by atomic mass is 32.1. The molecule has 4 nitrogen and oxygen atoms in total. The van der Waals surface area contributed by atoms with Crippen molar-refractivity contribution in [3.63, 3.8) is 0 Å². The summed E-state index contributed by atoms with van der Waals surface area (Å²) in [5.41, 5.74) is -0.293. The van der Waals surface area contributed by atoms with E-state index in [0.717, 1.165) is 6.26 Å². The van der Waals surface area contributed by atoms with Gasteiger partial charge in [0, 0.05) is 12.6 Å². The molecule has 0 aliphatic carbocycles. The fourth-order valence-corrected chi connectivity index (χ4v) is 0.233. The van der Waals surface area contributed by atoms with Crippen LogP contribution in [-0.2, 0) is 4.74 Å². The third kappa shape index (κ3) is 3.42. The monoisotopic (exact) mass is 153 g/mol. The molecule has 0 rings (SSSR count). The van der Waals surface area contributed by atoms with E-state index in [1.165, 1.54) is 12.1 Å². The Kier molecular flexibility index (Phi) is 3.62. The summed E-state index contributed by atoms with van der Waals surface area (Å²) in [7, 11) is 0. The Balaban J connectivity index is 4.07. The molecular weight excluding hydrogens is 152 g/mol. The zero-order valence-electron chi connectivity index (χ0n) is 4.70. The van der Waals surface area contributed by atoms with Crippen LogP contribution in [0.25, 0.3) is 0 Å². The summed E-state index contributed by atoms with van der Waals surface area (Å²) in [6.45, 7) is 0. The van der Waals surface area contributed by atoms with E-state index in [1.807, 2.05) is 0 Å². The van der Waals surface area contributed by atoms with Crippen LogP contribution in [0.15, 0.2) is 11.8 Å². The van der Waals surface area contributed by atoms with Crippen LogP contribution < -0.4 is 0 Å². The van der Waals surface area contributed by atoms with Crippen LogP contribution in [0.1, 0.15) is 0 Å². The van der Waals surface area contributed by atoms with Crippen LogP contribution in [0.3, 0.4) is 0 Å². The Labute approximate surface area is 62.7 Å². The van der Waals surface area contributed by atoms with E-state index in [9.17, 15) is 4.79 Å². The number of carbonyl (C=O) groups is 1. The van der Waals surface area contributed by atoms with Crippen molar-refractivity contribution >= 4 is 17.9 Å². The number of ether oxygens (including phenoxy) is 1. The molecule has 0 fully saturated rings. The maximum absolute atomic E-state index is 9.91. The summed E-state index contributed by atoms with van der Waals surface area (Å²) >= 11 is 3.97. The molecule has 0 saturated carbocycles. The number of hydrogen-bond acceptors (Lipinski definition) is 4. The SMILES string of the molecule is N#CC(C#N)=COC(=O)[S]. The standard InChI is InChI=1S/C5HN2O2S/c6-1-4(2-7)3-9-5(8)10/h3H. The van der Waals surface area contributed by atoms with Crippen molar-refractivity contribution in [3.8, 4) is 12.1 Å². The van der Waals surface area contributed by atoms with E-state index in [0.29, 0.717) is 0 Å². The van der Waals surface area contributed by atoms with Gasteiger partial charge in [0.2, 0.25) is 0 Å². The third-order valence-corrected chi connectivity index (χ3v) is 0.610. The van der Waals surface area contributed by atoms with Gasteiger partial charge in [0.25, 0.3) is 0 Å². The summed E-state index contributed by atoms with van der Waals surface area (Å²) in [4.78, 5) is 9.91. The van der Waals surface area contributed by atoms with Gasteiger partial charge in [-0.25, -0.2) is 4.79 Å². The van der Waals surface area contributed by atoms with Gasteiger partial charge in [-0.3, -0.25) is 0 Å². The molecule has 0 aliphatic rings. The molecule has 0 aromatic rings. The molecule has 0 aromatic heterocycles. The van der Waals surface area contributed by atoms with Gasteiger partial charge in [-0.05, 0) is 0 Å². The average molecular weight is 153 g/mol. The van der Waals surface area contributed by atoms with E-state index < -0.39 is 5.30 Å². The van der Waals surface area contributed by atoms with Crippen molar-refractivity contribution in [2.24, 2.45) is 0 Å². The summed E-state index contributed by atoms with van der Waals surface area (Å²) in [6.07, 6.45) is 0.718. The van der Waals surface area contributed by atoms with E-state index >= 15 is 0 Å². The third-order valence-electron chi connectivity index (χ3n) is 0.514. The van der Waals surface area contributed by atoms with Crippen molar-refractivity contribution in [1.29, 1.82) is 10.5 Å². The van der Waals surface area contributed by atoms with E-state index in [-0.39, 0.29) is 5.57 Å². The van der Waals surface area contributed by atoms with E-state index in [4.69, 9.17) is 10.5 Å². The Morgan fingerprint density at radius 3 is 2.30 bits per heavy atom. The number of nitriles is 2. The smallest absolute Gasteiger partial charge is 0.405 e. The largest absolute Gasteiger partial charge is 0.421 e. The number of allylic oxidation sites excluding steroid dienone is 1. The van der Waals surface area contributed by atoms with Gasteiger partial charge in [0.15, 0.2) is 5.57 Å². The Morgan fingerprint density at radius 2 is 2.00 bits per heavy atom. The molecule has 10 heavy (non-hydrogen) atoms. The highest BCUT2D eigenvalue weighted by Gasteiger charge is 1.94. The number of hydrogen-bond donors (Lipinski definition) is 0. The topological polar surface area (TPSA) is 73.9 Å². The normalized spacial score (nSPS) is 6.60. The first-order valence-electron chi connectivity index (χ1n) is 2.08. The Hall–Kier alpha value is -1.59. The summed E-state index contributed by atoms with van der Waals surface area (Å²) < 4.78 is 4.05. The molecule has 0 bridgehead atoms. The number of carbonyl (C=O) groups excluding carboxylic acids is 1. The molecule has 49 valence electrons. The molecular formula is C5HN2O2S. The average Bonchev–Trinajstić information content (AvgIpc) is 1.90. The van der Waals surface area contributed by atoms with Crippen molar-refractivity contribution in [2.75, 3.05) is 0 Å². The number of nitrogens with zero attached hydrogens (tertiary/aromatic N) is 2. The van der Waals surface area contributed by atoms with Gasteiger partial charge in [-0.1, -0.05) is 0 Å². The van der Waals surface area contributed by atoms with E-state index in [2.05, 4.69) is 17.4 Å². The summed E-state index contributed by atoms with van der Waals surface area (Å²) in [5, 5.41) is 15.2. The van der Waals surface area contributed by atoms with E-state index in [1.54, 1.807) is 0 Å². The minimum atomic E-state index is -0.969. The van der Waals surface area contributed by atoms with Gasteiger partial charge < -0.3 is 4.74 Å². The molecule has 0 heterocycles. The van der Waals surface area contributed by atoms with Crippen LogP contribution >= 0.6 is 12.6 Å². The first-order valence-corrected chi connectivity index (χ1v) is 2.49. The van der Waals surface area contributed by atoms with Gasteiger partial charge in [-0.15, -0.1) is 0 Å². The van der Waals surface area contributed by atoms with Crippen LogP contribution in [0, 0.1) is 22.7 Å². The van der Waals surface area contributed by atoms with Crippen LogP contribution in [0.5, 0.6) is 0 Å². The Bertz CT molecular complexity index is 229. The van der Waals surface area contributed by atoms with Gasteiger partial charge in [-0.2, -0.15) is 10.5 Å². The summed E-state index contributed by atoms with van der Waals surface area (Å²) in [6, 6.07) is 2.97. The lowest BCUT2D eigenvalue weighted by molar-refractivity contribution is 0.214. The molecule has 0 saturated heterocycles. The van der Waals surface area contributed by atoms with Gasteiger partial charge in [0.05, 0.1) is 0 Å². The molecule has 0 aromatic carbocycles. The molecule has 0 amide bonds. The zero-order valence-corrected chi connectivity index (χ0v) is 5.51. The molecule has 0 N–H and O–H groups in total. The van der Waals surface area contributed by atoms with Crippen molar-refractivity contribution in [3.05, 3.63) is 11.8 Å². The highest BCUT2D eigenvalue weighted by molar-refractivity contribution is 7.96. The fraction of sp³-hybridized carbons (Fsp3) is 0. The first-order chi connectivity index (χ1) is 4.70. The second-order valence-corrected chi connectivity index (χ2v) is 1.46.